The van der Waals surface area contributed by atoms with Gasteiger partial charge in [-0.15, -0.1) is 0 Å². The summed E-state index contributed by atoms with van der Waals surface area (Å²) in [6.07, 6.45) is 2.51. The molecule has 2 aromatic carbocycles. The van der Waals surface area contributed by atoms with E-state index in [4.69, 9.17) is 4.74 Å². The summed E-state index contributed by atoms with van der Waals surface area (Å²) in [5, 5.41) is 3.50. The molecule has 0 aliphatic carbocycles. The Morgan fingerprint density at radius 1 is 1.00 bits per heavy atom. The molecule has 0 aromatic heterocycles. The monoisotopic (exact) mass is 433 g/mol. The Labute approximate surface area is 189 Å². The first-order valence-electron chi connectivity index (χ1n) is 11.1. The number of allylic oxidation sites excluding steroid dienone is 1. The average molecular weight is 434 g/mol. The van der Waals surface area contributed by atoms with Gasteiger partial charge in [-0.2, -0.15) is 0 Å². The van der Waals surface area contributed by atoms with Crippen molar-refractivity contribution < 1.29 is 14.3 Å². The van der Waals surface area contributed by atoms with Crippen LogP contribution in [0.2, 0.25) is 0 Å². The van der Waals surface area contributed by atoms with Crippen molar-refractivity contribution in [1.29, 1.82) is 0 Å². The van der Waals surface area contributed by atoms with Crippen molar-refractivity contribution in [2.45, 2.75) is 25.8 Å². The zero-order valence-corrected chi connectivity index (χ0v) is 19.3. The lowest BCUT2D eigenvalue weighted by Gasteiger charge is -2.35. The molecule has 2 aromatic rings. The number of hydrogen-bond donors (Lipinski definition) is 1. The van der Waals surface area contributed by atoms with Gasteiger partial charge in [-0.1, -0.05) is 18.2 Å². The number of nitrogens with one attached hydrogen (secondary N) is 1. The first-order chi connectivity index (χ1) is 15.3. The van der Waals surface area contributed by atoms with E-state index in [1.54, 1.807) is 37.5 Å². The molecule has 1 N–H and O–H groups in total. The van der Waals surface area contributed by atoms with E-state index < -0.39 is 0 Å². The van der Waals surface area contributed by atoms with E-state index >= 15 is 0 Å². The van der Waals surface area contributed by atoms with Gasteiger partial charge in [-0.25, -0.2) is 0 Å². The lowest BCUT2D eigenvalue weighted by atomic mass is 9.85. The minimum absolute atomic E-state index is 0.0205. The van der Waals surface area contributed by atoms with Crippen LogP contribution < -0.4 is 10.1 Å². The number of amides is 1. The minimum Gasteiger partial charge on any atom is -0.497 e. The third-order valence-electron chi connectivity index (χ3n) is 6.19. The van der Waals surface area contributed by atoms with Gasteiger partial charge in [0, 0.05) is 60.2 Å². The van der Waals surface area contributed by atoms with Crippen LogP contribution in [0.25, 0.3) is 5.70 Å². The van der Waals surface area contributed by atoms with Crippen LogP contribution in [0, 0.1) is 0 Å². The second-order valence-corrected chi connectivity index (χ2v) is 9.30. The summed E-state index contributed by atoms with van der Waals surface area (Å²) in [5.74, 6) is 0.681. The summed E-state index contributed by atoms with van der Waals surface area (Å²) in [4.78, 5) is 29.9. The summed E-state index contributed by atoms with van der Waals surface area (Å²) in [7, 11) is 3.70. The highest BCUT2D eigenvalue weighted by Gasteiger charge is 2.28. The van der Waals surface area contributed by atoms with Crippen molar-refractivity contribution >= 4 is 17.4 Å². The average Bonchev–Trinajstić information content (AvgIpc) is 2.78. The number of likely N-dealkylation sites (N-methyl/N-ethyl adjacent to an activating group) is 1. The van der Waals surface area contributed by atoms with Gasteiger partial charge in [0.1, 0.15) is 5.75 Å². The second kappa shape index (κ2) is 8.79. The Kier molecular flexibility index (Phi) is 6.07. The number of rotatable bonds is 4. The number of piperazine rings is 1. The number of nitrogens with zero attached hydrogens (tertiary/aromatic N) is 2. The molecule has 0 unspecified atom stereocenters. The predicted molar refractivity (Wildman–Crippen MR) is 126 cm³/mol. The number of carbonyl (C=O) groups is 2. The van der Waals surface area contributed by atoms with Gasteiger partial charge in [0.05, 0.1) is 7.11 Å². The molecule has 2 heterocycles. The van der Waals surface area contributed by atoms with E-state index in [1.165, 1.54) is 5.56 Å². The quantitative estimate of drug-likeness (QED) is 0.593. The van der Waals surface area contributed by atoms with Crippen LogP contribution in [0.15, 0.2) is 48.5 Å². The molecule has 6 nitrogen and oxygen atoms in total. The lowest BCUT2D eigenvalue weighted by molar-refractivity contribution is 0.0664. The van der Waals surface area contributed by atoms with Crippen LogP contribution in [-0.2, 0) is 6.42 Å². The fourth-order valence-electron chi connectivity index (χ4n) is 4.34. The highest BCUT2D eigenvalue weighted by molar-refractivity contribution is 6.09. The smallest absolute Gasteiger partial charge is 0.253 e. The van der Waals surface area contributed by atoms with E-state index in [-0.39, 0.29) is 17.2 Å². The number of methoxy groups -OCH3 is 1. The first-order valence-corrected chi connectivity index (χ1v) is 11.1. The SMILES string of the molecule is COc1ccc2c(c1)/C(=C/C(=O)c1ccc(C(=O)N3CCN(C)CC3)cc1)NC(C)(C)C2. The molecule has 168 valence electrons. The van der Waals surface area contributed by atoms with Crippen LogP contribution in [-0.4, -0.2) is 67.4 Å². The number of ketones is 1. The van der Waals surface area contributed by atoms with Gasteiger partial charge >= 0.3 is 0 Å². The maximum absolute atomic E-state index is 13.1. The zero-order valence-electron chi connectivity index (χ0n) is 19.3. The zero-order chi connectivity index (χ0) is 22.9. The van der Waals surface area contributed by atoms with E-state index in [0.29, 0.717) is 11.1 Å². The standard InChI is InChI=1S/C26H31N3O3/c1-26(2)17-20-9-10-21(32-4)15-22(20)23(27-26)16-24(30)18-5-7-19(8-6-18)25(31)29-13-11-28(3)12-14-29/h5-10,15-16,27H,11-14,17H2,1-4H3/b23-16-. The van der Waals surface area contributed by atoms with Crippen molar-refractivity contribution in [1.82, 2.24) is 15.1 Å². The van der Waals surface area contributed by atoms with Crippen molar-refractivity contribution in [2.24, 2.45) is 0 Å². The Bertz CT molecular complexity index is 1050. The number of benzene rings is 2. The summed E-state index contributed by atoms with van der Waals surface area (Å²) >= 11 is 0. The molecule has 0 atom stereocenters. The van der Waals surface area contributed by atoms with Crippen molar-refractivity contribution in [3.63, 3.8) is 0 Å². The van der Waals surface area contributed by atoms with Crippen molar-refractivity contribution in [2.75, 3.05) is 40.3 Å². The van der Waals surface area contributed by atoms with Gasteiger partial charge in [0.15, 0.2) is 5.78 Å². The largest absolute Gasteiger partial charge is 0.497 e. The van der Waals surface area contributed by atoms with E-state index in [2.05, 4.69) is 37.2 Å². The Balaban J connectivity index is 1.55. The highest BCUT2D eigenvalue weighted by Crippen LogP contribution is 2.32. The minimum atomic E-state index is -0.160. The number of fused-ring (bicyclic) bond motifs is 1. The summed E-state index contributed by atoms with van der Waals surface area (Å²) in [6, 6.07) is 13.0. The van der Waals surface area contributed by atoms with Crippen LogP contribution >= 0.6 is 0 Å². The molecule has 1 amide bonds. The third kappa shape index (κ3) is 4.70. The van der Waals surface area contributed by atoms with Crippen LogP contribution in [0.5, 0.6) is 5.75 Å². The molecule has 2 aliphatic heterocycles. The normalized spacial score (nSPS) is 19.2. The molecule has 0 radical (unpaired) electrons. The number of hydrogen-bond acceptors (Lipinski definition) is 5. The second-order valence-electron chi connectivity index (χ2n) is 9.30. The van der Waals surface area contributed by atoms with E-state index in [9.17, 15) is 9.59 Å². The van der Waals surface area contributed by atoms with E-state index in [1.807, 2.05) is 17.0 Å². The lowest BCUT2D eigenvalue weighted by Crippen LogP contribution is -2.47. The van der Waals surface area contributed by atoms with Crippen LogP contribution in [0.3, 0.4) is 0 Å². The highest BCUT2D eigenvalue weighted by atomic mass is 16.5. The topological polar surface area (TPSA) is 61.9 Å². The number of ether oxygens (including phenoxy) is 1. The van der Waals surface area contributed by atoms with E-state index in [0.717, 1.165) is 49.6 Å². The van der Waals surface area contributed by atoms with Gasteiger partial charge in [0.2, 0.25) is 0 Å². The Morgan fingerprint density at radius 3 is 2.31 bits per heavy atom. The Morgan fingerprint density at radius 2 is 1.66 bits per heavy atom. The molecule has 32 heavy (non-hydrogen) atoms. The maximum Gasteiger partial charge on any atom is 0.253 e. The predicted octanol–water partition coefficient (Wildman–Crippen LogP) is 3.23. The molecular weight excluding hydrogens is 402 g/mol. The number of carbonyl (C=O) groups excluding carboxylic acids is 2. The van der Waals surface area contributed by atoms with Gasteiger partial charge in [0.25, 0.3) is 5.91 Å². The molecule has 0 saturated carbocycles. The van der Waals surface area contributed by atoms with Crippen molar-refractivity contribution in [3.05, 3.63) is 70.8 Å². The summed E-state index contributed by atoms with van der Waals surface area (Å²) in [5.41, 5.74) is 3.97. The van der Waals surface area contributed by atoms with Gasteiger partial charge < -0.3 is 19.9 Å². The molecule has 6 heteroatoms. The third-order valence-corrected chi connectivity index (χ3v) is 6.19. The molecule has 0 spiro atoms. The summed E-state index contributed by atoms with van der Waals surface area (Å²) < 4.78 is 5.38. The fraction of sp³-hybridized carbons (Fsp3) is 0.385. The first kappa shape index (κ1) is 22.1. The van der Waals surface area contributed by atoms with Crippen LogP contribution in [0.1, 0.15) is 45.7 Å². The molecule has 1 saturated heterocycles. The molecule has 0 bridgehead atoms. The molecule has 4 rings (SSSR count). The van der Waals surface area contributed by atoms with Crippen molar-refractivity contribution in [3.8, 4) is 5.75 Å². The van der Waals surface area contributed by atoms with Crippen LogP contribution in [0.4, 0.5) is 0 Å². The van der Waals surface area contributed by atoms with Gasteiger partial charge in [-0.3, -0.25) is 9.59 Å². The fourth-order valence-corrected chi connectivity index (χ4v) is 4.34. The maximum atomic E-state index is 13.1. The van der Waals surface area contributed by atoms with Gasteiger partial charge in [-0.05, 0) is 57.1 Å². The molecule has 2 aliphatic rings. The molecule has 1 fully saturated rings. The Hall–Kier alpha value is -3.12. The summed E-state index contributed by atoms with van der Waals surface area (Å²) in [6.45, 7) is 7.46. The molecular formula is C26H31N3O3.